The van der Waals surface area contributed by atoms with Crippen molar-refractivity contribution in [2.75, 3.05) is 19.6 Å². The lowest BCUT2D eigenvalue weighted by Crippen LogP contribution is -2.47. The van der Waals surface area contributed by atoms with Crippen LogP contribution in [0.2, 0.25) is 0 Å². The molecular weight excluding hydrogens is 248 g/mol. The molecule has 2 unspecified atom stereocenters. The van der Waals surface area contributed by atoms with Gasteiger partial charge in [0.15, 0.2) is 0 Å². The normalized spacial score (nSPS) is 21.1. The van der Waals surface area contributed by atoms with Gasteiger partial charge in [0.2, 0.25) is 0 Å². The zero-order chi connectivity index (χ0) is 14.4. The molecule has 0 bridgehead atoms. The largest absolute Gasteiger partial charge is 0.508 e. The number of phenols is 1. The molecule has 0 radical (unpaired) electrons. The highest BCUT2D eigenvalue weighted by Gasteiger charge is 2.19. The lowest BCUT2D eigenvalue weighted by molar-refractivity contribution is 0.182. The van der Waals surface area contributed by atoms with E-state index in [-0.39, 0.29) is 0 Å². The third kappa shape index (κ3) is 4.50. The van der Waals surface area contributed by atoms with Crippen LogP contribution in [0.1, 0.15) is 38.7 Å². The van der Waals surface area contributed by atoms with Gasteiger partial charge in [-0.1, -0.05) is 25.5 Å². The molecule has 112 valence electrons. The third-order valence-corrected chi connectivity index (χ3v) is 4.36. The van der Waals surface area contributed by atoms with Gasteiger partial charge < -0.3 is 10.4 Å². The van der Waals surface area contributed by atoms with Crippen LogP contribution >= 0.6 is 0 Å². The fourth-order valence-electron chi connectivity index (χ4n) is 3.09. The molecule has 0 spiro atoms. The van der Waals surface area contributed by atoms with Crippen molar-refractivity contribution in [3.05, 3.63) is 29.8 Å². The third-order valence-electron chi connectivity index (χ3n) is 4.36. The van der Waals surface area contributed by atoms with Gasteiger partial charge in [0.05, 0.1) is 0 Å². The standard InChI is InChI=1S/C17H28N2O/c1-3-19(13-16-6-4-5-11-18-16)14(2)12-15-7-9-17(20)10-8-15/h7-10,14,16,18,20H,3-6,11-13H2,1-2H3. The summed E-state index contributed by atoms with van der Waals surface area (Å²) >= 11 is 0. The summed E-state index contributed by atoms with van der Waals surface area (Å²) in [7, 11) is 0. The Labute approximate surface area is 123 Å². The molecule has 20 heavy (non-hydrogen) atoms. The molecule has 0 aromatic heterocycles. The number of nitrogens with one attached hydrogen (secondary N) is 1. The molecule has 2 N–H and O–H groups in total. The smallest absolute Gasteiger partial charge is 0.115 e. The first-order valence-corrected chi connectivity index (χ1v) is 7.94. The summed E-state index contributed by atoms with van der Waals surface area (Å²) in [6.45, 7) is 7.97. The first-order valence-electron chi connectivity index (χ1n) is 7.94. The zero-order valence-corrected chi connectivity index (χ0v) is 12.8. The van der Waals surface area contributed by atoms with E-state index < -0.39 is 0 Å². The van der Waals surface area contributed by atoms with E-state index in [2.05, 4.69) is 24.1 Å². The van der Waals surface area contributed by atoms with Gasteiger partial charge in [-0.25, -0.2) is 0 Å². The first kappa shape index (κ1) is 15.3. The molecule has 1 aliphatic rings. The predicted molar refractivity (Wildman–Crippen MR) is 84.2 cm³/mol. The van der Waals surface area contributed by atoms with Crippen molar-refractivity contribution in [1.29, 1.82) is 0 Å². The van der Waals surface area contributed by atoms with Gasteiger partial charge in [0, 0.05) is 18.6 Å². The summed E-state index contributed by atoms with van der Waals surface area (Å²) in [5, 5.41) is 13.0. The maximum atomic E-state index is 9.34. The van der Waals surface area contributed by atoms with E-state index in [1.54, 1.807) is 12.1 Å². The molecule has 0 saturated carbocycles. The van der Waals surface area contributed by atoms with Crippen molar-refractivity contribution in [3.8, 4) is 5.75 Å². The second-order valence-corrected chi connectivity index (χ2v) is 5.95. The van der Waals surface area contributed by atoms with Crippen molar-refractivity contribution in [1.82, 2.24) is 10.2 Å². The van der Waals surface area contributed by atoms with Gasteiger partial charge >= 0.3 is 0 Å². The van der Waals surface area contributed by atoms with Gasteiger partial charge in [-0.2, -0.15) is 0 Å². The van der Waals surface area contributed by atoms with Crippen LogP contribution in [-0.2, 0) is 6.42 Å². The Morgan fingerprint density at radius 1 is 1.30 bits per heavy atom. The minimum atomic E-state index is 0.347. The topological polar surface area (TPSA) is 35.5 Å². The van der Waals surface area contributed by atoms with Crippen LogP contribution in [0.4, 0.5) is 0 Å². The Kier molecular flexibility index (Phi) is 5.86. The van der Waals surface area contributed by atoms with E-state index >= 15 is 0 Å². The van der Waals surface area contributed by atoms with Crippen LogP contribution in [0.25, 0.3) is 0 Å². The summed E-state index contributed by atoms with van der Waals surface area (Å²) in [5.41, 5.74) is 1.30. The lowest BCUT2D eigenvalue weighted by atomic mass is 10.0. The minimum Gasteiger partial charge on any atom is -0.508 e. The summed E-state index contributed by atoms with van der Waals surface area (Å²) in [6, 6.07) is 8.80. The zero-order valence-electron chi connectivity index (χ0n) is 12.8. The maximum Gasteiger partial charge on any atom is 0.115 e. The molecule has 3 nitrogen and oxygen atoms in total. The van der Waals surface area contributed by atoms with E-state index in [1.807, 2.05) is 12.1 Å². The van der Waals surface area contributed by atoms with Crippen molar-refractivity contribution in [2.45, 2.75) is 51.6 Å². The van der Waals surface area contributed by atoms with Crippen molar-refractivity contribution in [2.24, 2.45) is 0 Å². The van der Waals surface area contributed by atoms with E-state index in [9.17, 15) is 5.11 Å². The molecular formula is C17H28N2O. The van der Waals surface area contributed by atoms with Crippen molar-refractivity contribution >= 4 is 0 Å². The Bertz CT molecular complexity index is 384. The van der Waals surface area contributed by atoms with Crippen LogP contribution in [0, 0.1) is 0 Å². The second kappa shape index (κ2) is 7.65. The highest BCUT2D eigenvalue weighted by atomic mass is 16.3. The van der Waals surface area contributed by atoms with Crippen LogP contribution < -0.4 is 5.32 Å². The van der Waals surface area contributed by atoms with Crippen LogP contribution in [-0.4, -0.2) is 41.7 Å². The fourth-order valence-corrected chi connectivity index (χ4v) is 3.09. The van der Waals surface area contributed by atoms with E-state index in [0.29, 0.717) is 17.8 Å². The van der Waals surface area contributed by atoms with E-state index in [0.717, 1.165) is 19.5 Å². The SMILES string of the molecule is CCN(CC1CCCCN1)C(C)Cc1ccc(O)cc1. The monoisotopic (exact) mass is 276 g/mol. The summed E-state index contributed by atoms with van der Waals surface area (Å²) < 4.78 is 0. The van der Waals surface area contributed by atoms with Crippen LogP contribution in [0.5, 0.6) is 5.75 Å². The number of aromatic hydroxyl groups is 1. The van der Waals surface area contributed by atoms with Gasteiger partial charge in [0.1, 0.15) is 5.75 Å². The Morgan fingerprint density at radius 2 is 2.05 bits per heavy atom. The molecule has 1 heterocycles. The highest BCUT2D eigenvalue weighted by molar-refractivity contribution is 5.26. The number of rotatable bonds is 6. The number of likely N-dealkylation sites (N-methyl/N-ethyl adjacent to an activating group) is 1. The fraction of sp³-hybridized carbons (Fsp3) is 0.647. The van der Waals surface area contributed by atoms with Gasteiger partial charge in [-0.05, 0) is 57.0 Å². The van der Waals surface area contributed by atoms with Gasteiger partial charge in [-0.15, -0.1) is 0 Å². The average molecular weight is 276 g/mol. The molecule has 2 atom stereocenters. The number of hydrogen-bond donors (Lipinski definition) is 2. The Morgan fingerprint density at radius 3 is 2.65 bits per heavy atom. The second-order valence-electron chi connectivity index (χ2n) is 5.95. The van der Waals surface area contributed by atoms with Gasteiger partial charge in [-0.3, -0.25) is 4.90 Å². The predicted octanol–water partition coefficient (Wildman–Crippen LogP) is 2.79. The summed E-state index contributed by atoms with van der Waals surface area (Å²) in [4.78, 5) is 2.57. The number of benzene rings is 1. The molecule has 0 amide bonds. The van der Waals surface area contributed by atoms with Crippen molar-refractivity contribution < 1.29 is 5.11 Å². The summed E-state index contributed by atoms with van der Waals surface area (Å²) in [5.74, 6) is 0.347. The molecule has 3 heteroatoms. The number of phenolic OH excluding ortho intramolecular Hbond substituents is 1. The van der Waals surface area contributed by atoms with E-state index in [1.165, 1.54) is 31.4 Å². The Balaban J connectivity index is 1.87. The molecule has 1 fully saturated rings. The van der Waals surface area contributed by atoms with Crippen LogP contribution in [0.3, 0.4) is 0 Å². The first-order chi connectivity index (χ1) is 9.69. The molecule has 1 aliphatic heterocycles. The van der Waals surface area contributed by atoms with Crippen molar-refractivity contribution in [3.63, 3.8) is 0 Å². The Hall–Kier alpha value is -1.06. The molecule has 1 aromatic rings. The average Bonchev–Trinajstić information content (AvgIpc) is 2.48. The lowest BCUT2D eigenvalue weighted by Gasteiger charge is -2.34. The quantitative estimate of drug-likeness (QED) is 0.838. The highest BCUT2D eigenvalue weighted by Crippen LogP contribution is 2.15. The van der Waals surface area contributed by atoms with Gasteiger partial charge in [0.25, 0.3) is 0 Å². The molecule has 2 rings (SSSR count). The number of piperidine rings is 1. The maximum absolute atomic E-state index is 9.34. The minimum absolute atomic E-state index is 0.347. The molecule has 1 saturated heterocycles. The number of nitrogens with zero attached hydrogens (tertiary/aromatic N) is 1. The summed E-state index contributed by atoms with van der Waals surface area (Å²) in [6.07, 6.45) is 5.04. The number of hydrogen-bond acceptors (Lipinski definition) is 3. The van der Waals surface area contributed by atoms with E-state index in [4.69, 9.17) is 0 Å². The molecule has 1 aromatic carbocycles. The van der Waals surface area contributed by atoms with Crippen LogP contribution in [0.15, 0.2) is 24.3 Å². The molecule has 0 aliphatic carbocycles.